The van der Waals surface area contributed by atoms with E-state index in [4.69, 9.17) is 5.11 Å². The minimum Gasteiger partial charge on any atom is -0.396 e. The van der Waals surface area contributed by atoms with Crippen molar-refractivity contribution >= 4 is 17.4 Å². The van der Waals surface area contributed by atoms with Gasteiger partial charge in [0.1, 0.15) is 0 Å². The van der Waals surface area contributed by atoms with Crippen molar-refractivity contribution in [3.05, 3.63) is 23.8 Å². The van der Waals surface area contributed by atoms with Gasteiger partial charge in [-0.25, -0.2) is 0 Å². The monoisotopic (exact) mass is 209 g/mol. The van der Waals surface area contributed by atoms with Crippen LogP contribution in [-0.4, -0.2) is 24.0 Å². The van der Waals surface area contributed by atoms with E-state index in [1.165, 1.54) is 16.1 Å². The third-order valence-electron chi connectivity index (χ3n) is 2.34. The van der Waals surface area contributed by atoms with E-state index in [1.807, 2.05) is 11.8 Å². The maximum atomic E-state index is 8.75. The maximum Gasteiger partial charge on any atom is 0.0481 e. The van der Waals surface area contributed by atoms with Crippen LogP contribution in [0.4, 0.5) is 5.69 Å². The molecule has 0 spiro atoms. The SMILES string of the molecule is OCCCc1ccc2c(c1)NCCS2. The first-order chi connectivity index (χ1) is 6.90. The summed E-state index contributed by atoms with van der Waals surface area (Å²) in [7, 11) is 0. The summed E-state index contributed by atoms with van der Waals surface area (Å²) in [4.78, 5) is 1.35. The molecule has 1 heterocycles. The van der Waals surface area contributed by atoms with Crippen LogP contribution in [0, 0.1) is 0 Å². The first-order valence-corrected chi connectivity index (χ1v) is 5.99. The van der Waals surface area contributed by atoms with E-state index in [0.717, 1.165) is 25.1 Å². The lowest BCUT2D eigenvalue weighted by atomic mass is 10.1. The topological polar surface area (TPSA) is 32.3 Å². The molecule has 0 aromatic heterocycles. The zero-order valence-electron chi connectivity index (χ0n) is 8.12. The molecule has 1 aromatic carbocycles. The normalized spacial score (nSPS) is 14.6. The number of aliphatic hydroxyl groups is 1. The Hall–Kier alpha value is -0.670. The second-order valence-corrected chi connectivity index (χ2v) is 4.57. The molecule has 14 heavy (non-hydrogen) atoms. The van der Waals surface area contributed by atoms with Gasteiger partial charge in [-0.1, -0.05) is 6.07 Å². The van der Waals surface area contributed by atoms with Crippen LogP contribution in [-0.2, 0) is 6.42 Å². The highest BCUT2D eigenvalue weighted by Gasteiger charge is 2.08. The second-order valence-electron chi connectivity index (χ2n) is 3.43. The molecular formula is C11H15NOS. The van der Waals surface area contributed by atoms with Gasteiger partial charge in [0.05, 0.1) is 0 Å². The molecular weight excluding hydrogens is 194 g/mol. The minimum atomic E-state index is 0.277. The Balaban J connectivity index is 2.12. The van der Waals surface area contributed by atoms with Crippen molar-refractivity contribution < 1.29 is 5.11 Å². The molecule has 2 rings (SSSR count). The van der Waals surface area contributed by atoms with Crippen molar-refractivity contribution in [2.75, 3.05) is 24.2 Å². The van der Waals surface area contributed by atoms with Crippen LogP contribution in [0.15, 0.2) is 23.1 Å². The number of aliphatic hydroxyl groups excluding tert-OH is 1. The van der Waals surface area contributed by atoms with E-state index in [1.54, 1.807) is 0 Å². The standard InChI is InChI=1S/C11H15NOS/c13-6-1-2-9-3-4-11-10(8-9)12-5-7-14-11/h3-4,8,12-13H,1-2,5-7H2. The Bertz CT molecular complexity index is 314. The Labute approximate surface area is 88.7 Å². The molecule has 0 saturated heterocycles. The van der Waals surface area contributed by atoms with Gasteiger partial charge in [0.15, 0.2) is 0 Å². The van der Waals surface area contributed by atoms with Gasteiger partial charge in [0, 0.05) is 29.5 Å². The fraction of sp³-hybridized carbons (Fsp3) is 0.455. The highest BCUT2D eigenvalue weighted by atomic mass is 32.2. The number of thioether (sulfide) groups is 1. The summed E-state index contributed by atoms with van der Waals surface area (Å²) < 4.78 is 0. The van der Waals surface area contributed by atoms with Crippen molar-refractivity contribution in [1.82, 2.24) is 0 Å². The Morgan fingerprint density at radius 2 is 2.36 bits per heavy atom. The summed E-state index contributed by atoms with van der Waals surface area (Å²) in [6, 6.07) is 6.55. The van der Waals surface area contributed by atoms with Crippen molar-refractivity contribution in [1.29, 1.82) is 0 Å². The van der Waals surface area contributed by atoms with Crippen LogP contribution < -0.4 is 5.32 Å². The third-order valence-corrected chi connectivity index (χ3v) is 3.42. The summed E-state index contributed by atoms with van der Waals surface area (Å²) in [6.45, 7) is 1.33. The summed E-state index contributed by atoms with van der Waals surface area (Å²) in [5, 5.41) is 12.1. The minimum absolute atomic E-state index is 0.277. The predicted molar refractivity (Wildman–Crippen MR) is 61.1 cm³/mol. The average molecular weight is 209 g/mol. The van der Waals surface area contributed by atoms with E-state index in [2.05, 4.69) is 23.5 Å². The molecule has 1 aliphatic rings. The van der Waals surface area contributed by atoms with Gasteiger partial charge in [0.2, 0.25) is 0 Å². The van der Waals surface area contributed by atoms with Crippen molar-refractivity contribution in [3.63, 3.8) is 0 Å². The smallest absolute Gasteiger partial charge is 0.0481 e. The molecule has 0 amide bonds. The molecule has 2 nitrogen and oxygen atoms in total. The Morgan fingerprint density at radius 1 is 1.43 bits per heavy atom. The van der Waals surface area contributed by atoms with Gasteiger partial charge >= 0.3 is 0 Å². The lowest BCUT2D eigenvalue weighted by Gasteiger charge is -2.18. The largest absolute Gasteiger partial charge is 0.396 e. The maximum absolute atomic E-state index is 8.75. The third kappa shape index (κ3) is 2.22. The Kier molecular flexibility index (Phi) is 3.32. The van der Waals surface area contributed by atoms with Crippen LogP contribution in [0.1, 0.15) is 12.0 Å². The van der Waals surface area contributed by atoms with Gasteiger partial charge in [-0.3, -0.25) is 0 Å². The van der Waals surface area contributed by atoms with E-state index >= 15 is 0 Å². The van der Waals surface area contributed by atoms with E-state index in [9.17, 15) is 0 Å². The number of rotatable bonds is 3. The summed E-state index contributed by atoms with van der Waals surface area (Å²) in [5.74, 6) is 1.16. The van der Waals surface area contributed by atoms with Crippen molar-refractivity contribution in [2.24, 2.45) is 0 Å². The highest BCUT2D eigenvalue weighted by Crippen LogP contribution is 2.31. The van der Waals surface area contributed by atoms with Crippen LogP contribution >= 0.6 is 11.8 Å². The first-order valence-electron chi connectivity index (χ1n) is 5.00. The lowest BCUT2D eigenvalue weighted by Crippen LogP contribution is -2.10. The van der Waals surface area contributed by atoms with E-state index in [0.29, 0.717) is 0 Å². The van der Waals surface area contributed by atoms with Gasteiger partial charge in [-0.2, -0.15) is 0 Å². The predicted octanol–water partition coefficient (Wildman–Crippen LogP) is 2.13. The summed E-state index contributed by atoms with van der Waals surface area (Å²) in [6.07, 6.45) is 1.82. The van der Waals surface area contributed by atoms with Crippen LogP contribution in [0.5, 0.6) is 0 Å². The van der Waals surface area contributed by atoms with Crippen LogP contribution in [0.2, 0.25) is 0 Å². The second kappa shape index (κ2) is 4.71. The molecule has 0 atom stereocenters. The number of aryl methyl sites for hydroxylation is 1. The molecule has 0 saturated carbocycles. The van der Waals surface area contributed by atoms with E-state index in [-0.39, 0.29) is 6.61 Å². The van der Waals surface area contributed by atoms with Gasteiger partial charge in [-0.05, 0) is 30.5 Å². The number of hydrogen-bond donors (Lipinski definition) is 2. The summed E-state index contributed by atoms with van der Waals surface area (Å²) in [5.41, 5.74) is 2.57. The molecule has 76 valence electrons. The Morgan fingerprint density at radius 3 is 3.21 bits per heavy atom. The molecule has 0 fully saturated rings. The molecule has 1 aromatic rings. The fourth-order valence-corrected chi connectivity index (χ4v) is 2.50. The number of nitrogens with one attached hydrogen (secondary N) is 1. The fourth-order valence-electron chi connectivity index (χ4n) is 1.63. The molecule has 3 heteroatoms. The van der Waals surface area contributed by atoms with Crippen LogP contribution in [0.3, 0.4) is 0 Å². The average Bonchev–Trinajstić information content (AvgIpc) is 2.26. The zero-order chi connectivity index (χ0) is 9.80. The number of fused-ring (bicyclic) bond motifs is 1. The highest BCUT2D eigenvalue weighted by molar-refractivity contribution is 7.99. The van der Waals surface area contributed by atoms with Crippen molar-refractivity contribution in [2.45, 2.75) is 17.7 Å². The first kappa shape index (κ1) is 9.87. The van der Waals surface area contributed by atoms with Crippen LogP contribution in [0.25, 0.3) is 0 Å². The molecule has 2 N–H and O–H groups in total. The van der Waals surface area contributed by atoms with Crippen molar-refractivity contribution in [3.8, 4) is 0 Å². The molecule has 0 unspecified atom stereocenters. The molecule has 0 radical (unpaired) electrons. The lowest BCUT2D eigenvalue weighted by molar-refractivity contribution is 0.288. The van der Waals surface area contributed by atoms with E-state index < -0.39 is 0 Å². The number of benzene rings is 1. The number of anilines is 1. The molecule has 0 bridgehead atoms. The zero-order valence-corrected chi connectivity index (χ0v) is 8.94. The molecule has 1 aliphatic heterocycles. The summed E-state index contributed by atoms with van der Waals surface area (Å²) >= 11 is 1.91. The van der Waals surface area contributed by atoms with Gasteiger partial charge in [0.25, 0.3) is 0 Å². The van der Waals surface area contributed by atoms with Gasteiger partial charge < -0.3 is 10.4 Å². The quantitative estimate of drug-likeness (QED) is 0.800. The van der Waals surface area contributed by atoms with Gasteiger partial charge in [-0.15, -0.1) is 11.8 Å². The molecule has 0 aliphatic carbocycles. The number of hydrogen-bond acceptors (Lipinski definition) is 3.